The van der Waals surface area contributed by atoms with Crippen molar-refractivity contribution < 1.29 is 17.6 Å². The molecular formula is C14H5BrCl2F3N3O. The summed E-state index contributed by atoms with van der Waals surface area (Å²) in [4.78, 5) is 3.67. The molecule has 0 fully saturated rings. The Kier molecular flexibility index (Phi) is 4.54. The quantitative estimate of drug-likeness (QED) is 0.500. The van der Waals surface area contributed by atoms with Crippen molar-refractivity contribution in [2.24, 2.45) is 0 Å². The van der Waals surface area contributed by atoms with E-state index < -0.39 is 11.7 Å². The van der Waals surface area contributed by atoms with Crippen LogP contribution in [0.25, 0.3) is 23.0 Å². The Hall–Kier alpha value is -1.64. The topological polar surface area (TPSA) is 51.8 Å². The summed E-state index contributed by atoms with van der Waals surface area (Å²) in [5.41, 5.74) is -0.548. The second-order valence-electron chi connectivity index (χ2n) is 4.59. The largest absolute Gasteiger partial charge is 0.417 e. The Morgan fingerprint density at radius 3 is 2.38 bits per heavy atom. The fraction of sp³-hybridized carbons (Fsp3) is 0.0714. The smallest absolute Gasteiger partial charge is 0.414 e. The molecule has 0 radical (unpaired) electrons. The van der Waals surface area contributed by atoms with Gasteiger partial charge in [0.15, 0.2) is 0 Å². The molecule has 24 heavy (non-hydrogen) atoms. The number of aromatic nitrogens is 3. The third-order valence-electron chi connectivity index (χ3n) is 2.95. The van der Waals surface area contributed by atoms with Crippen molar-refractivity contribution in [3.05, 3.63) is 50.5 Å². The van der Waals surface area contributed by atoms with E-state index in [1.165, 1.54) is 0 Å². The molecule has 0 saturated heterocycles. The van der Waals surface area contributed by atoms with Gasteiger partial charge in [-0.25, -0.2) is 4.98 Å². The van der Waals surface area contributed by atoms with Gasteiger partial charge in [0.1, 0.15) is 5.69 Å². The molecule has 0 aliphatic heterocycles. The molecule has 2 heterocycles. The van der Waals surface area contributed by atoms with Crippen LogP contribution in [0.4, 0.5) is 13.2 Å². The van der Waals surface area contributed by atoms with Crippen LogP contribution in [0.2, 0.25) is 10.0 Å². The number of halogens is 6. The van der Waals surface area contributed by atoms with E-state index in [2.05, 4.69) is 31.1 Å². The third-order valence-corrected chi connectivity index (χ3v) is 4.07. The van der Waals surface area contributed by atoms with Crippen LogP contribution in [-0.4, -0.2) is 15.2 Å². The van der Waals surface area contributed by atoms with Crippen LogP contribution in [-0.2, 0) is 6.18 Å². The SMILES string of the molecule is FC(F)(F)c1cnc(-c2nnc(-c3cc(Br)ccc3Cl)o2)c(Cl)c1. The first-order valence-corrected chi connectivity index (χ1v) is 7.82. The van der Waals surface area contributed by atoms with E-state index in [9.17, 15) is 13.2 Å². The average molecular weight is 439 g/mol. The van der Waals surface area contributed by atoms with E-state index in [0.717, 1.165) is 10.5 Å². The Morgan fingerprint density at radius 2 is 1.71 bits per heavy atom. The first kappa shape index (κ1) is 17.2. The summed E-state index contributed by atoms with van der Waals surface area (Å²) in [5, 5.41) is 7.73. The standard InChI is InChI=1S/C14H5BrCl2F3N3O/c15-7-1-2-9(16)8(4-7)12-22-23-13(24-12)11-10(17)3-6(5-21-11)14(18,19)20/h1-5H. The number of alkyl halides is 3. The minimum Gasteiger partial charge on any atom is -0.414 e. The molecule has 4 nitrogen and oxygen atoms in total. The van der Waals surface area contributed by atoms with E-state index in [1.807, 2.05) is 0 Å². The number of rotatable bonds is 2. The van der Waals surface area contributed by atoms with E-state index in [-0.39, 0.29) is 22.5 Å². The van der Waals surface area contributed by atoms with Crippen molar-refractivity contribution in [2.45, 2.75) is 6.18 Å². The molecule has 0 unspecified atom stereocenters. The molecular weight excluding hydrogens is 434 g/mol. The highest BCUT2D eigenvalue weighted by Crippen LogP contribution is 2.35. The lowest BCUT2D eigenvalue weighted by molar-refractivity contribution is -0.137. The van der Waals surface area contributed by atoms with Crippen molar-refractivity contribution in [3.8, 4) is 23.0 Å². The Bertz CT molecular complexity index is 915. The van der Waals surface area contributed by atoms with Gasteiger partial charge in [-0.15, -0.1) is 10.2 Å². The van der Waals surface area contributed by atoms with Gasteiger partial charge in [-0.05, 0) is 24.3 Å². The van der Waals surface area contributed by atoms with Crippen LogP contribution in [0.1, 0.15) is 5.56 Å². The van der Waals surface area contributed by atoms with Crippen molar-refractivity contribution in [2.75, 3.05) is 0 Å². The molecule has 10 heteroatoms. The van der Waals surface area contributed by atoms with Crippen LogP contribution in [0.15, 0.2) is 39.4 Å². The summed E-state index contributed by atoms with van der Waals surface area (Å²) in [6.07, 6.45) is -3.89. The minimum absolute atomic E-state index is 0.0467. The maximum absolute atomic E-state index is 12.6. The molecule has 0 spiro atoms. The van der Waals surface area contributed by atoms with E-state index >= 15 is 0 Å². The van der Waals surface area contributed by atoms with Gasteiger partial charge < -0.3 is 4.42 Å². The molecule has 124 valence electrons. The summed E-state index contributed by atoms with van der Waals surface area (Å²) in [6, 6.07) is 5.78. The molecule has 0 saturated carbocycles. The highest BCUT2D eigenvalue weighted by molar-refractivity contribution is 9.10. The zero-order valence-corrected chi connectivity index (χ0v) is 14.5. The molecule has 0 atom stereocenters. The summed E-state index contributed by atoms with van der Waals surface area (Å²) in [6.45, 7) is 0. The lowest BCUT2D eigenvalue weighted by Crippen LogP contribution is -2.05. The molecule has 2 aromatic heterocycles. The summed E-state index contributed by atoms with van der Waals surface area (Å²) >= 11 is 15.2. The molecule has 3 aromatic rings. The van der Waals surface area contributed by atoms with Crippen molar-refractivity contribution in [1.29, 1.82) is 0 Å². The molecule has 1 aromatic carbocycles. The number of benzene rings is 1. The molecule has 0 aliphatic rings. The predicted molar refractivity (Wildman–Crippen MR) is 85.7 cm³/mol. The fourth-order valence-electron chi connectivity index (χ4n) is 1.84. The zero-order chi connectivity index (χ0) is 17.5. The summed E-state index contributed by atoms with van der Waals surface area (Å²) < 4.78 is 44.1. The Labute approximate surface area is 151 Å². The highest BCUT2D eigenvalue weighted by atomic mass is 79.9. The molecule has 0 bridgehead atoms. The number of hydrogen-bond acceptors (Lipinski definition) is 4. The molecule has 0 N–H and O–H groups in total. The summed E-state index contributed by atoms with van der Waals surface area (Å²) in [7, 11) is 0. The second kappa shape index (κ2) is 6.34. The molecule has 0 amide bonds. The Morgan fingerprint density at radius 1 is 1.00 bits per heavy atom. The first-order valence-electron chi connectivity index (χ1n) is 6.28. The van der Waals surface area contributed by atoms with Gasteiger partial charge in [-0.2, -0.15) is 13.2 Å². The van der Waals surface area contributed by atoms with E-state index in [4.69, 9.17) is 27.6 Å². The van der Waals surface area contributed by atoms with Crippen LogP contribution in [0.3, 0.4) is 0 Å². The number of nitrogens with zero attached hydrogens (tertiary/aromatic N) is 3. The van der Waals surface area contributed by atoms with E-state index in [1.54, 1.807) is 18.2 Å². The lowest BCUT2D eigenvalue weighted by Gasteiger charge is -2.07. The van der Waals surface area contributed by atoms with E-state index in [0.29, 0.717) is 16.8 Å². The van der Waals surface area contributed by atoms with Gasteiger partial charge in [-0.3, -0.25) is 0 Å². The van der Waals surface area contributed by atoms with Gasteiger partial charge in [-0.1, -0.05) is 39.1 Å². The van der Waals surface area contributed by atoms with Gasteiger partial charge in [0.05, 0.1) is 21.2 Å². The minimum atomic E-state index is -4.54. The maximum Gasteiger partial charge on any atom is 0.417 e. The third kappa shape index (κ3) is 3.40. The van der Waals surface area contributed by atoms with Crippen LogP contribution >= 0.6 is 39.1 Å². The van der Waals surface area contributed by atoms with Crippen LogP contribution in [0.5, 0.6) is 0 Å². The first-order chi connectivity index (χ1) is 11.3. The van der Waals surface area contributed by atoms with Gasteiger partial charge >= 0.3 is 6.18 Å². The van der Waals surface area contributed by atoms with Gasteiger partial charge in [0.2, 0.25) is 5.89 Å². The normalized spacial score (nSPS) is 11.8. The fourth-order valence-corrected chi connectivity index (χ4v) is 2.65. The average Bonchev–Trinajstić information content (AvgIpc) is 2.98. The Balaban J connectivity index is 2.01. The second-order valence-corrected chi connectivity index (χ2v) is 6.32. The van der Waals surface area contributed by atoms with Crippen molar-refractivity contribution >= 4 is 39.1 Å². The zero-order valence-electron chi connectivity index (χ0n) is 11.4. The summed E-state index contributed by atoms with van der Waals surface area (Å²) in [5.74, 6) is -0.0196. The predicted octanol–water partition coefficient (Wildman–Crippen LogP) is 5.89. The highest BCUT2D eigenvalue weighted by Gasteiger charge is 2.32. The van der Waals surface area contributed by atoms with Crippen molar-refractivity contribution in [3.63, 3.8) is 0 Å². The maximum atomic E-state index is 12.6. The lowest BCUT2D eigenvalue weighted by atomic mass is 10.2. The van der Waals surface area contributed by atoms with Gasteiger partial charge in [0, 0.05) is 10.7 Å². The van der Waals surface area contributed by atoms with Gasteiger partial charge in [0.25, 0.3) is 5.89 Å². The number of hydrogen-bond donors (Lipinski definition) is 0. The van der Waals surface area contributed by atoms with Crippen LogP contribution in [0, 0.1) is 0 Å². The van der Waals surface area contributed by atoms with Crippen LogP contribution < -0.4 is 0 Å². The molecule has 0 aliphatic carbocycles. The van der Waals surface area contributed by atoms with Crippen molar-refractivity contribution in [1.82, 2.24) is 15.2 Å². The number of pyridine rings is 1. The monoisotopic (exact) mass is 437 g/mol. The molecule has 3 rings (SSSR count).